The highest BCUT2D eigenvalue weighted by Gasteiger charge is 2.40. The highest BCUT2D eigenvalue weighted by atomic mass is 19.4. The SMILES string of the molecule is Cc1cccc(C(=O)N[C@H]2CCN(CC(F)(F)F)C2=O)c1[N+](=O)[O-]. The Labute approximate surface area is 134 Å². The molecule has 1 heterocycles. The van der Waals surface area contributed by atoms with Gasteiger partial charge < -0.3 is 10.2 Å². The molecule has 1 aliphatic rings. The van der Waals surface area contributed by atoms with Gasteiger partial charge in [-0.05, 0) is 19.4 Å². The Balaban J connectivity index is 2.13. The molecule has 1 aromatic rings. The lowest BCUT2D eigenvalue weighted by atomic mass is 10.1. The third-order valence-corrected chi connectivity index (χ3v) is 3.64. The number of benzene rings is 1. The molecule has 0 aromatic heterocycles. The zero-order valence-corrected chi connectivity index (χ0v) is 12.6. The van der Waals surface area contributed by atoms with Gasteiger partial charge in [0.05, 0.1) is 4.92 Å². The van der Waals surface area contributed by atoms with Crippen LogP contribution < -0.4 is 5.32 Å². The molecule has 7 nitrogen and oxygen atoms in total. The Morgan fingerprint density at radius 2 is 2.12 bits per heavy atom. The molecule has 24 heavy (non-hydrogen) atoms. The molecular formula is C14H14F3N3O4. The van der Waals surface area contributed by atoms with Crippen molar-refractivity contribution in [1.82, 2.24) is 10.2 Å². The Kier molecular flexibility index (Phi) is 4.76. The highest BCUT2D eigenvalue weighted by molar-refractivity contribution is 6.01. The van der Waals surface area contributed by atoms with Gasteiger partial charge in [0.15, 0.2) is 0 Å². The van der Waals surface area contributed by atoms with Gasteiger partial charge in [-0.1, -0.05) is 12.1 Å². The number of rotatable bonds is 4. The lowest BCUT2D eigenvalue weighted by molar-refractivity contribution is -0.385. The van der Waals surface area contributed by atoms with Crippen LogP contribution in [0.4, 0.5) is 18.9 Å². The quantitative estimate of drug-likeness (QED) is 0.665. The fourth-order valence-electron chi connectivity index (χ4n) is 2.57. The molecule has 0 radical (unpaired) electrons. The summed E-state index contributed by atoms with van der Waals surface area (Å²) in [5.74, 6) is -1.71. The first-order chi connectivity index (χ1) is 11.1. The summed E-state index contributed by atoms with van der Waals surface area (Å²) in [4.78, 5) is 35.1. The highest BCUT2D eigenvalue weighted by Crippen LogP contribution is 2.24. The molecule has 130 valence electrons. The lowest BCUT2D eigenvalue weighted by Crippen LogP contribution is -2.43. The number of nitro benzene ring substituents is 1. The van der Waals surface area contributed by atoms with Gasteiger partial charge in [0, 0.05) is 12.1 Å². The molecule has 1 N–H and O–H groups in total. The minimum atomic E-state index is -4.52. The molecule has 0 aliphatic carbocycles. The predicted octanol–water partition coefficient (Wildman–Crippen LogP) is 1.80. The third kappa shape index (κ3) is 3.81. The van der Waals surface area contributed by atoms with Crippen molar-refractivity contribution < 1.29 is 27.7 Å². The van der Waals surface area contributed by atoms with Crippen LogP contribution in [0.25, 0.3) is 0 Å². The zero-order chi connectivity index (χ0) is 18.1. The number of halogens is 3. The van der Waals surface area contributed by atoms with Gasteiger partial charge in [0.25, 0.3) is 11.6 Å². The van der Waals surface area contributed by atoms with Gasteiger partial charge in [0.1, 0.15) is 18.2 Å². The van der Waals surface area contributed by atoms with E-state index >= 15 is 0 Å². The molecular weight excluding hydrogens is 331 g/mol. The maximum absolute atomic E-state index is 12.4. The summed E-state index contributed by atoms with van der Waals surface area (Å²) in [5, 5.41) is 13.4. The van der Waals surface area contributed by atoms with Crippen LogP contribution in [0.2, 0.25) is 0 Å². The second-order valence-electron chi connectivity index (χ2n) is 5.42. The summed E-state index contributed by atoms with van der Waals surface area (Å²) in [5.41, 5.74) is -0.362. The van der Waals surface area contributed by atoms with E-state index in [2.05, 4.69) is 5.32 Å². The number of alkyl halides is 3. The average Bonchev–Trinajstić information content (AvgIpc) is 2.77. The second-order valence-corrected chi connectivity index (χ2v) is 5.42. The summed E-state index contributed by atoms with van der Waals surface area (Å²) in [6.45, 7) is -0.0668. The number of nitrogens with zero attached hydrogens (tertiary/aromatic N) is 2. The van der Waals surface area contributed by atoms with Gasteiger partial charge in [0.2, 0.25) is 5.91 Å². The Morgan fingerprint density at radius 3 is 2.71 bits per heavy atom. The van der Waals surface area contributed by atoms with E-state index < -0.39 is 41.2 Å². The van der Waals surface area contributed by atoms with Crippen LogP contribution in [0, 0.1) is 17.0 Å². The molecule has 0 unspecified atom stereocenters. The van der Waals surface area contributed by atoms with E-state index in [0.717, 1.165) is 0 Å². The maximum Gasteiger partial charge on any atom is 0.406 e. The second kappa shape index (κ2) is 6.46. The summed E-state index contributed by atoms with van der Waals surface area (Å²) in [6.07, 6.45) is -4.51. The summed E-state index contributed by atoms with van der Waals surface area (Å²) in [6, 6.07) is 3.01. The molecule has 1 fully saturated rings. The van der Waals surface area contributed by atoms with E-state index in [1.807, 2.05) is 0 Å². The number of likely N-dealkylation sites (tertiary alicyclic amines) is 1. The summed E-state index contributed by atoms with van der Waals surface area (Å²) >= 11 is 0. The van der Waals surface area contributed by atoms with Crippen LogP contribution in [-0.2, 0) is 4.79 Å². The van der Waals surface area contributed by atoms with E-state index in [-0.39, 0.29) is 24.1 Å². The lowest BCUT2D eigenvalue weighted by Gasteiger charge is -2.18. The first kappa shape index (κ1) is 17.7. The van der Waals surface area contributed by atoms with Gasteiger partial charge in [-0.15, -0.1) is 0 Å². The number of aryl methyl sites for hydroxylation is 1. The first-order valence-corrected chi connectivity index (χ1v) is 7.00. The van der Waals surface area contributed by atoms with Crippen LogP contribution in [0.5, 0.6) is 0 Å². The number of nitro groups is 1. The van der Waals surface area contributed by atoms with Crippen LogP contribution >= 0.6 is 0 Å². The van der Waals surface area contributed by atoms with Crippen molar-refractivity contribution in [2.45, 2.75) is 25.6 Å². The molecule has 2 rings (SSSR count). The number of para-hydroxylation sites is 1. The van der Waals surface area contributed by atoms with E-state index in [1.54, 1.807) is 0 Å². The van der Waals surface area contributed by atoms with Crippen LogP contribution in [-0.4, -0.2) is 46.9 Å². The number of hydrogen-bond acceptors (Lipinski definition) is 4. The standard InChI is InChI=1S/C14H14F3N3O4/c1-8-3-2-4-9(11(8)20(23)24)12(21)18-10-5-6-19(13(10)22)7-14(15,16)17/h2-4,10H,5-7H2,1H3,(H,18,21)/t10-/m0/s1. The molecule has 1 aromatic carbocycles. The summed E-state index contributed by atoms with van der Waals surface area (Å²) < 4.78 is 37.1. The Bertz CT molecular complexity index is 690. The largest absolute Gasteiger partial charge is 0.406 e. The molecule has 2 amide bonds. The average molecular weight is 345 g/mol. The van der Waals surface area contributed by atoms with Gasteiger partial charge >= 0.3 is 6.18 Å². The molecule has 1 saturated heterocycles. The fraction of sp³-hybridized carbons (Fsp3) is 0.429. The monoisotopic (exact) mass is 345 g/mol. The number of nitrogens with one attached hydrogen (secondary N) is 1. The number of amides is 2. The normalized spacial score (nSPS) is 17.9. The van der Waals surface area contributed by atoms with Crippen molar-refractivity contribution in [2.24, 2.45) is 0 Å². The third-order valence-electron chi connectivity index (χ3n) is 3.64. The number of carbonyl (C=O) groups is 2. The van der Waals surface area contributed by atoms with Crippen molar-refractivity contribution in [3.05, 3.63) is 39.4 Å². The maximum atomic E-state index is 12.4. The van der Waals surface area contributed by atoms with Crippen molar-refractivity contribution in [2.75, 3.05) is 13.1 Å². The first-order valence-electron chi connectivity index (χ1n) is 7.00. The van der Waals surface area contributed by atoms with Crippen molar-refractivity contribution in [1.29, 1.82) is 0 Å². The molecule has 10 heteroatoms. The number of carbonyl (C=O) groups excluding carboxylic acids is 2. The summed E-state index contributed by atoms with van der Waals surface area (Å²) in [7, 11) is 0. The molecule has 1 atom stereocenters. The van der Waals surface area contributed by atoms with E-state index in [9.17, 15) is 32.9 Å². The predicted molar refractivity (Wildman–Crippen MR) is 76.3 cm³/mol. The fourth-order valence-corrected chi connectivity index (χ4v) is 2.57. The molecule has 0 saturated carbocycles. The smallest absolute Gasteiger partial charge is 0.340 e. The van der Waals surface area contributed by atoms with Gasteiger partial charge in [-0.25, -0.2) is 0 Å². The minimum Gasteiger partial charge on any atom is -0.340 e. The van der Waals surface area contributed by atoms with E-state index in [0.29, 0.717) is 4.90 Å². The van der Waals surface area contributed by atoms with Crippen LogP contribution in [0.3, 0.4) is 0 Å². The van der Waals surface area contributed by atoms with Crippen LogP contribution in [0.1, 0.15) is 22.3 Å². The molecule has 1 aliphatic heterocycles. The van der Waals surface area contributed by atoms with Crippen molar-refractivity contribution in [3.8, 4) is 0 Å². The number of hydrogen-bond donors (Lipinski definition) is 1. The molecule has 0 spiro atoms. The van der Waals surface area contributed by atoms with E-state index in [1.165, 1.54) is 25.1 Å². The zero-order valence-electron chi connectivity index (χ0n) is 12.6. The topological polar surface area (TPSA) is 92.6 Å². The van der Waals surface area contributed by atoms with Crippen molar-refractivity contribution >= 4 is 17.5 Å². The van der Waals surface area contributed by atoms with Gasteiger partial charge in [-0.3, -0.25) is 19.7 Å². The Hall–Kier alpha value is -2.65. The van der Waals surface area contributed by atoms with Gasteiger partial charge in [-0.2, -0.15) is 13.2 Å². The Morgan fingerprint density at radius 1 is 1.46 bits per heavy atom. The van der Waals surface area contributed by atoms with E-state index in [4.69, 9.17) is 0 Å². The van der Waals surface area contributed by atoms with Crippen LogP contribution in [0.15, 0.2) is 18.2 Å². The minimum absolute atomic E-state index is 0.0142. The molecule has 0 bridgehead atoms. The van der Waals surface area contributed by atoms with Crippen molar-refractivity contribution in [3.63, 3.8) is 0 Å².